The van der Waals surface area contributed by atoms with Crippen LogP contribution in [0.4, 0.5) is 0 Å². The van der Waals surface area contributed by atoms with Gasteiger partial charge in [0.1, 0.15) is 11.5 Å². The van der Waals surface area contributed by atoms with Crippen molar-refractivity contribution in [2.45, 2.75) is 45.8 Å². The van der Waals surface area contributed by atoms with Crippen molar-refractivity contribution in [2.24, 2.45) is 0 Å². The summed E-state index contributed by atoms with van der Waals surface area (Å²) in [6.45, 7) is 9.99. The summed E-state index contributed by atoms with van der Waals surface area (Å²) in [5.74, 6) is 1.93. The van der Waals surface area contributed by atoms with Gasteiger partial charge in [0.05, 0.1) is 12.7 Å². The number of ether oxygens (including phenoxy) is 1. The van der Waals surface area contributed by atoms with Gasteiger partial charge in [0.25, 0.3) is 0 Å². The lowest BCUT2D eigenvalue weighted by Gasteiger charge is -2.38. The molecule has 0 amide bonds. The number of furan rings is 1. The van der Waals surface area contributed by atoms with Crippen molar-refractivity contribution in [1.82, 2.24) is 5.32 Å². The highest BCUT2D eigenvalue weighted by Gasteiger charge is 2.31. The summed E-state index contributed by atoms with van der Waals surface area (Å²) in [7, 11) is 0. The van der Waals surface area contributed by atoms with Gasteiger partial charge in [-0.15, -0.1) is 0 Å². The van der Waals surface area contributed by atoms with Crippen LogP contribution in [-0.4, -0.2) is 18.7 Å². The number of hydrogen-bond donors (Lipinski definition) is 1. The predicted molar refractivity (Wildman–Crippen MR) is 63.6 cm³/mol. The van der Waals surface area contributed by atoms with Crippen LogP contribution < -0.4 is 5.32 Å². The van der Waals surface area contributed by atoms with Crippen LogP contribution in [0.1, 0.15) is 43.5 Å². The van der Waals surface area contributed by atoms with Gasteiger partial charge in [-0.25, -0.2) is 0 Å². The van der Waals surface area contributed by atoms with Gasteiger partial charge in [-0.05, 0) is 33.3 Å². The Morgan fingerprint density at radius 3 is 2.69 bits per heavy atom. The summed E-state index contributed by atoms with van der Waals surface area (Å²) in [6, 6.07) is 2.08. The van der Waals surface area contributed by atoms with E-state index in [1.807, 2.05) is 13.8 Å². The Hall–Kier alpha value is -0.800. The molecule has 1 aromatic rings. The van der Waals surface area contributed by atoms with Gasteiger partial charge >= 0.3 is 0 Å². The monoisotopic (exact) mass is 223 g/mol. The Labute approximate surface area is 97.2 Å². The molecule has 2 heterocycles. The molecule has 0 spiro atoms. The summed E-state index contributed by atoms with van der Waals surface area (Å²) >= 11 is 0. The second-order valence-corrected chi connectivity index (χ2v) is 4.96. The van der Waals surface area contributed by atoms with E-state index in [4.69, 9.17) is 9.15 Å². The Bertz CT molecular complexity index is 362. The Morgan fingerprint density at radius 2 is 2.25 bits per heavy atom. The molecule has 16 heavy (non-hydrogen) atoms. The minimum absolute atomic E-state index is 0.128. The first-order valence-electron chi connectivity index (χ1n) is 5.97. The van der Waals surface area contributed by atoms with Crippen LogP contribution >= 0.6 is 0 Å². The van der Waals surface area contributed by atoms with Crippen molar-refractivity contribution in [2.75, 3.05) is 13.2 Å². The molecule has 0 aliphatic carbocycles. The van der Waals surface area contributed by atoms with Gasteiger partial charge in [0, 0.05) is 17.6 Å². The minimum Gasteiger partial charge on any atom is -0.466 e. The highest BCUT2D eigenvalue weighted by molar-refractivity contribution is 5.23. The summed E-state index contributed by atoms with van der Waals surface area (Å²) in [6.07, 6.45) is 1.22. The van der Waals surface area contributed by atoms with E-state index in [0.717, 1.165) is 31.1 Å². The molecular formula is C13H21NO2. The van der Waals surface area contributed by atoms with Crippen LogP contribution in [0.5, 0.6) is 0 Å². The third kappa shape index (κ3) is 2.15. The van der Waals surface area contributed by atoms with Gasteiger partial charge in [0.15, 0.2) is 0 Å². The standard InChI is InChI=1S/C13H21NO2/c1-5-13(4)8-15-12(7-14-13)11-6-9(2)16-10(11)3/h6,12,14H,5,7-8H2,1-4H3. The fourth-order valence-electron chi connectivity index (χ4n) is 2.13. The second-order valence-electron chi connectivity index (χ2n) is 4.96. The average Bonchev–Trinajstić information content (AvgIpc) is 2.59. The number of nitrogens with one attached hydrogen (secondary N) is 1. The molecule has 1 saturated heterocycles. The number of aryl methyl sites for hydroxylation is 2. The number of morpholine rings is 1. The largest absolute Gasteiger partial charge is 0.466 e. The van der Waals surface area contributed by atoms with E-state index >= 15 is 0 Å². The van der Waals surface area contributed by atoms with Crippen LogP contribution in [0.2, 0.25) is 0 Å². The summed E-state index contributed by atoms with van der Waals surface area (Å²) in [5.41, 5.74) is 1.31. The normalized spacial score (nSPS) is 30.6. The quantitative estimate of drug-likeness (QED) is 0.837. The van der Waals surface area contributed by atoms with Crippen molar-refractivity contribution in [3.05, 3.63) is 23.2 Å². The second kappa shape index (κ2) is 4.22. The Morgan fingerprint density at radius 1 is 1.50 bits per heavy atom. The maximum absolute atomic E-state index is 5.94. The van der Waals surface area contributed by atoms with E-state index in [0.29, 0.717) is 0 Å². The van der Waals surface area contributed by atoms with Crippen LogP contribution in [0.15, 0.2) is 10.5 Å². The molecule has 1 fully saturated rings. The summed E-state index contributed by atoms with van der Waals surface area (Å²) in [4.78, 5) is 0. The van der Waals surface area contributed by atoms with E-state index < -0.39 is 0 Å². The smallest absolute Gasteiger partial charge is 0.106 e. The van der Waals surface area contributed by atoms with Gasteiger partial charge < -0.3 is 14.5 Å². The first-order chi connectivity index (χ1) is 7.54. The molecule has 3 heteroatoms. The van der Waals surface area contributed by atoms with Crippen LogP contribution in [0, 0.1) is 13.8 Å². The SMILES string of the molecule is CCC1(C)COC(c2cc(C)oc2C)CN1. The van der Waals surface area contributed by atoms with E-state index in [9.17, 15) is 0 Å². The van der Waals surface area contributed by atoms with Gasteiger partial charge in [0.2, 0.25) is 0 Å². The van der Waals surface area contributed by atoms with Gasteiger partial charge in [-0.3, -0.25) is 0 Å². The maximum atomic E-state index is 5.94. The molecule has 0 aromatic carbocycles. The first kappa shape index (κ1) is 11.7. The van der Waals surface area contributed by atoms with Crippen molar-refractivity contribution in [3.8, 4) is 0 Å². The number of rotatable bonds is 2. The zero-order valence-electron chi connectivity index (χ0n) is 10.6. The summed E-state index contributed by atoms with van der Waals surface area (Å²) < 4.78 is 11.5. The molecule has 0 radical (unpaired) electrons. The fraction of sp³-hybridized carbons (Fsp3) is 0.692. The molecule has 2 unspecified atom stereocenters. The summed E-state index contributed by atoms with van der Waals surface area (Å²) in [5, 5.41) is 3.56. The molecule has 1 N–H and O–H groups in total. The molecular weight excluding hydrogens is 202 g/mol. The lowest BCUT2D eigenvalue weighted by molar-refractivity contribution is -0.0305. The highest BCUT2D eigenvalue weighted by atomic mass is 16.5. The molecule has 0 saturated carbocycles. The Kier molecular flexibility index (Phi) is 3.08. The first-order valence-corrected chi connectivity index (χ1v) is 5.97. The van der Waals surface area contributed by atoms with Crippen LogP contribution in [0.25, 0.3) is 0 Å². The molecule has 3 nitrogen and oxygen atoms in total. The predicted octanol–water partition coefficient (Wildman–Crippen LogP) is 2.73. The number of hydrogen-bond acceptors (Lipinski definition) is 3. The lowest BCUT2D eigenvalue weighted by atomic mass is 9.96. The van der Waals surface area contributed by atoms with E-state index in [1.54, 1.807) is 0 Å². The van der Waals surface area contributed by atoms with Crippen LogP contribution in [-0.2, 0) is 4.74 Å². The molecule has 1 aliphatic rings. The third-order valence-corrected chi connectivity index (χ3v) is 3.52. The molecule has 0 bridgehead atoms. The topological polar surface area (TPSA) is 34.4 Å². The van der Waals surface area contributed by atoms with Crippen LogP contribution in [0.3, 0.4) is 0 Å². The molecule has 90 valence electrons. The van der Waals surface area contributed by atoms with Crippen molar-refractivity contribution >= 4 is 0 Å². The Balaban J connectivity index is 2.07. The zero-order valence-corrected chi connectivity index (χ0v) is 10.6. The van der Waals surface area contributed by atoms with E-state index in [1.165, 1.54) is 5.56 Å². The molecule has 2 atom stereocenters. The molecule has 1 aromatic heterocycles. The van der Waals surface area contributed by atoms with E-state index in [2.05, 4.69) is 25.2 Å². The molecule has 1 aliphatic heterocycles. The minimum atomic E-state index is 0.128. The van der Waals surface area contributed by atoms with Gasteiger partial charge in [-0.1, -0.05) is 6.92 Å². The van der Waals surface area contributed by atoms with Crippen molar-refractivity contribution in [1.29, 1.82) is 0 Å². The highest BCUT2D eigenvalue weighted by Crippen LogP contribution is 2.29. The van der Waals surface area contributed by atoms with Crippen molar-refractivity contribution < 1.29 is 9.15 Å². The average molecular weight is 223 g/mol. The van der Waals surface area contributed by atoms with E-state index in [-0.39, 0.29) is 11.6 Å². The van der Waals surface area contributed by atoms with Gasteiger partial charge in [-0.2, -0.15) is 0 Å². The zero-order chi connectivity index (χ0) is 11.8. The maximum Gasteiger partial charge on any atom is 0.106 e. The third-order valence-electron chi connectivity index (χ3n) is 3.52. The van der Waals surface area contributed by atoms with Crippen molar-refractivity contribution in [3.63, 3.8) is 0 Å². The molecule has 2 rings (SSSR count). The lowest BCUT2D eigenvalue weighted by Crippen LogP contribution is -2.52. The fourth-order valence-corrected chi connectivity index (χ4v) is 2.13.